The van der Waals surface area contributed by atoms with Crippen LogP contribution in [0.5, 0.6) is 0 Å². The van der Waals surface area contributed by atoms with Crippen LogP contribution < -0.4 is 19.8 Å². The second-order valence-electron chi connectivity index (χ2n) is 10.8. The molecule has 5 rings (SSSR count). The summed E-state index contributed by atoms with van der Waals surface area (Å²) in [5, 5.41) is 0. The molecule has 0 radical (unpaired) electrons. The van der Waals surface area contributed by atoms with Crippen LogP contribution in [-0.2, 0) is 14.3 Å². The number of thiazole rings is 1. The monoisotopic (exact) mass is 559 g/mol. The van der Waals surface area contributed by atoms with Gasteiger partial charge in [-0.1, -0.05) is 55.5 Å². The van der Waals surface area contributed by atoms with Crippen LogP contribution >= 0.6 is 11.3 Å². The Bertz CT molecular complexity index is 1610. The van der Waals surface area contributed by atoms with Crippen molar-refractivity contribution >= 4 is 29.1 Å². The van der Waals surface area contributed by atoms with Crippen LogP contribution in [0.1, 0.15) is 67.8 Å². The number of aryl methyl sites for hydroxylation is 1. The van der Waals surface area contributed by atoms with E-state index in [2.05, 4.69) is 56.0 Å². The number of hydrogen-bond donors (Lipinski definition) is 0. The van der Waals surface area contributed by atoms with Crippen LogP contribution in [0, 0.1) is 6.92 Å². The molecule has 3 heterocycles. The summed E-state index contributed by atoms with van der Waals surface area (Å²) in [5.41, 5.74) is 6.14. The first-order chi connectivity index (χ1) is 19.3. The zero-order valence-electron chi connectivity index (χ0n) is 23.9. The molecule has 2 aliphatic heterocycles. The number of fused-ring (bicyclic) bond motifs is 1. The Hall–Kier alpha value is -3.49. The van der Waals surface area contributed by atoms with E-state index in [-0.39, 0.29) is 12.2 Å². The molecule has 0 N–H and O–H groups in total. The zero-order chi connectivity index (χ0) is 28.4. The second kappa shape index (κ2) is 11.9. The maximum absolute atomic E-state index is 14.0. The van der Waals surface area contributed by atoms with Crippen molar-refractivity contribution in [2.75, 3.05) is 38.3 Å². The van der Waals surface area contributed by atoms with E-state index in [4.69, 9.17) is 14.5 Å². The van der Waals surface area contributed by atoms with E-state index < -0.39 is 12.0 Å². The molecule has 1 unspecified atom stereocenters. The predicted molar refractivity (Wildman–Crippen MR) is 160 cm³/mol. The molecule has 0 spiro atoms. The van der Waals surface area contributed by atoms with Crippen molar-refractivity contribution in [3.63, 3.8) is 0 Å². The van der Waals surface area contributed by atoms with Crippen LogP contribution in [-0.4, -0.2) is 43.9 Å². The molecule has 2 aromatic carbocycles. The first-order valence-corrected chi connectivity index (χ1v) is 14.7. The molecule has 1 fully saturated rings. The fourth-order valence-corrected chi connectivity index (χ4v) is 6.43. The third kappa shape index (κ3) is 5.56. The molecule has 210 valence electrons. The van der Waals surface area contributed by atoms with Gasteiger partial charge < -0.3 is 14.4 Å². The van der Waals surface area contributed by atoms with Gasteiger partial charge in [-0.15, -0.1) is 0 Å². The molecule has 1 atom stereocenters. The first-order valence-electron chi connectivity index (χ1n) is 13.9. The number of carbonyl (C=O) groups excluding carboxylic acids is 1. The molecule has 0 saturated carbocycles. The summed E-state index contributed by atoms with van der Waals surface area (Å²) >= 11 is 1.35. The van der Waals surface area contributed by atoms with Crippen molar-refractivity contribution in [3.8, 4) is 0 Å². The smallest absolute Gasteiger partial charge is 0.338 e. The van der Waals surface area contributed by atoms with Gasteiger partial charge in [-0.05, 0) is 73.1 Å². The first kappa shape index (κ1) is 28.1. The summed E-state index contributed by atoms with van der Waals surface area (Å²) in [4.78, 5) is 35.0. The molecule has 0 aliphatic carbocycles. The van der Waals surface area contributed by atoms with Gasteiger partial charge in [0.05, 0.1) is 28.5 Å². The fraction of sp³-hybridized carbons (Fsp3) is 0.406. The van der Waals surface area contributed by atoms with Gasteiger partial charge in [0.2, 0.25) is 0 Å². The van der Waals surface area contributed by atoms with Crippen molar-refractivity contribution in [1.82, 2.24) is 4.57 Å². The average Bonchev–Trinajstić information content (AvgIpc) is 3.58. The Labute approximate surface area is 239 Å². The minimum absolute atomic E-state index is 0.127. The summed E-state index contributed by atoms with van der Waals surface area (Å²) in [6, 6.07) is 13.9. The average molecular weight is 560 g/mol. The molecule has 0 bridgehead atoms. The number of methoxy groups -OCH3 is 1. The third-order valence-corrected chi connectivity index (χ3v) is 8.68. The SMILES string of the molecule is COCCOC(=O)C1=C(C)N=c2sc(=Cc3ccc(N4CCCC4)cc3C)c(=O)n2C1c1ccc(C(C)C)cc1. The molecule has 1 aromatic heterocycles. The number of carbonyl (C=O) groups is 1. The van der Waals surface area contributed by atoms with E-state index >= 15 is 0 Å². The number of aromatic nitrogens is 1. The number of anilines is 1. The Kier molecular flexibility index (Phi) is 8.38. The number of ether oxygens (including phenoxy) is 2. The second-order valence-corrected chi connectivity index (χ2v) is 11.8. The summed E-state index contributed by atoms with van der Waals surface area (Å²) in [6.07, 6.45) is 4.40. The molecule has 7 nitrogen and oxygen atoms in total. The maximum Gasteiger partial charge on any atom is 0.338 e. The number of nitrogens with zero attached hydrogens (tertiary/aromatic N) is 3. The molecule has 40 heavy (non-hydrogen) atoms. The van der Waals surface area contributed by atoms with Crippen molar-refractivity contribution in [2.24, 2.45) is 4.99 Å². The Morgan fingerprint density at radius 1 is 1.10 bits per heavy atom. The van der Waals surface area contributed by atoms with Gasteiger partial charge in [0.1, 0.15) is 6.61 Å². The zero-order valence-corrected chi connectivity index (χ0v) is 24.7. The third-order valence-electron chi connectivity index (χ3n) is 7.69. The van der Waals surface area contributed by atoms with E-state index in [0.29, 0.717) is 33.1 Å². The van der Waals surface area contributed by atoms with Gasteiger partial charge in [0, 0.05) is 25.9 Å². The van der Waals surface area contributed by atoms with Crippen LogP contribution in [0.3, 0.4) is 0 Å². The summed E-state index contributed by atoms with van der Waals surface area (Å²) in [5.74, 6) is -0.120. The van der Waals surface area contributed by atoms with E-state index in [1.807, 2.05) is 18.2 Å². The lowest BCUT2D eigenvalue weighted by atomic mass is 9.93. The summed E-state index contributed by atoms with van der Waals surface area (Å²) in [7, 11) is 1.56. The lowest BCUT2D eigenvalue weighted by Crippen LogP contribution is -2.40. The number of rotatable bonds is 8. The number of hydrogen-bond acceptors (Lipinski definition) is 7. The molecule has 0 amide bonds. The molecular weight excluding hydrogens is 522 g/mol. The lowest BCUT2D eigenvalue weighted by Gasteiger charge is -2.25. The highest BCUT2D eigenvalue weighted by Gasteiger charge is 2.33. The Morgan fingerprint density at radius 2 is 1.82 bits per heavy atom. The maximum atomic E-state index is 14.0. The van der Waals surface area contributed by atoms with E-state index in [9.17, 15) is 9.59 Å². The van der Waals surface area contributed by atoms with Crippen LogP contribution in [0.25, 0.3) is 6.08 Å². The Balaban J connectivity index is 1.60. The van der Waals surface area contributed by atoms with Gasteiger partial charge in [-0.2, -0.15) is 0 Å². The summed E-state index contributed by atoms with van der Waals surface area (Å²) < 4.78 is 12.8. The Morgan fingerprint density at radius 3 is 2.48 bits per heavy atom. The van der Waals surface area contributed by atoms with Crippen LogP contribution in [0.2, 0.25) is 0 Å². The van der Waals surface area contributed by atoms with Gasteiger partial charge in [0.25, 0.3) is 5.56 Å². The summed E-state index contributed by atoms with van der Waals surface area (Å²) in [6.45, 7) is 10.8. The number of benzene rings is 2. The largest absolute Gasteiger partial charge is 0.460 e. The molecule has 3 aromatic rings. The fourth-order valence-electron chi connectivity index (χ4n) is 5.39. The quantitative estimate of drug-likeness (QED) is 0.301. The van der Waals surface area contributed by atoms with Gasteiger partial charge in [-0.25, -0.2) is 9.79 Å². The lowest BCUT2D eigenvalue weighted by molar-refractivity contribution is -0.140. The predicted octanol–water partition coefficient (Wildman–Crippen LogP) is 4.46. The van der Waals surface area contributed by atoms with Crippen molar-refractivity contribution < 1.29 is 14.3 Å². The minimum atomic E-state index is -0.631. The van der Waals surface area contributed by atoms with E-state index in [1.54, 1.807) is 18.6 Å². The van der Waals surface area contributed by atoms with Crippen LogP contribution in [0.4, 0.5) is 5.69 Å². The van der Waals surface area contributed by atoms with Crippen molar-refractivity contribution in [2.45, 2.75) is 52.5 Å². The van der Waals surface area contributed by atoms with E-state index in [0.717, 1.165) is 29.8 Å². The van der Waals surface area contributed by atoms with Gasteiger partial charge >= 0.3 is 5.97 Å². The molecule has 2 aliphatic rings. The highest BCUT2D eigenvalue weighted by atomic mass is 32.1. The van der Waals surface area contributed by atoms with Gasteiger partial charge in [-0.3, -0.25) is 9.36 Å². The number of esters is 1. The minimum Gasteiger partial charge on any atom is -0.460 e. The highest BCUT2D eigenvalue weighted by Crippen LogP contribution is 2.31. The molecule has 1 saturated heterocycles. The van der Waals surface area contributed by atoms with E-state index in [1.165, 1.54) is 35.4 Å². The topological polar surface area (TPSA) is 73.1 Å². The van der Waals surface area contributed by atoms with Crippen molar-refractivity contribution in [1.29, 1.82) is 0 Å². The van der Waals surface area contributed by atoms with Gasteiger partial charge in [0.15, 0.2) is 4.80 Å². The molecule has 8 heteroatoms. The standard InChI is InChI=1S/C32H37N3O4S/c1-20(2)23-8-10-24(11-9-23)29-28(31(37)39-17-16-38-5)22(4)33-32-35(29)30(36)27(40-32)19-25-12-13-26(18-21(25)3)34-14-6-7-15-34/h8-13,18-20,29H,6-7,14-17H2,1-5H3. The number of allylic oxidation sites excluding steroid dienone is 1. The normalized spacial score (nSPS) is 17.4. The molecular formula is C32H37N3O4S. The van der Waals surface area contributed by atoms with Crippen molar-refractivity contribution in [3.05, 3.63) is 95.7 Å². The van der Waals surface area contributed by atoms with Crippen LogP contribution in [0.15, 0.2) is 63.5 Å². The highest BCUT2D eigenvalue weighted by molar-refractivity contribution is 7.07.